The molecule has 5 heteroatoms. The van der Waals surface area contributed by atoms with Gasteiger partial charge >= 0.3 is 4.87 Å². The molecule has 0 radical (unpaired) electrons. The fraction of sp³-hybridized carbons (Fsp3) is 0.700. The Morgan fingerprint density at radius 1 is 1.60 bits per heavy atom. The van der Waals surface area contributed by atoms with Crippen molar-refractivity contribution in [1.82, 2.24) is 10.3 Å². The maximum Gasteiger partial charge on any atom is 0.304 e. The highest BCUT2D eigenvalue weighted by Gasteiger charge is 2.34. The van der Waals surface area contributed by atoms with Crippen molar-refractivity contribution in [2.75, 3.05) is 13.1 Å². The lowest BCUT2D eigenvalue weighted by atomic mass is 9.69. The summed E-state index contributed by atoms with van der Waals surface area (Å²) in [5.41, 5.74) is 7.06. The van der Waals surface area contributed by atoms with Crippen molar-refractivity contribution in [3.05, 3.63) is 20.7 Å². The maximum atomic E-state index is 10.9. The van der Waals surface area contributed by atoms with Crippen molar-refractivity contribution in [3.8, 4) is 0 Å². The van der Waals surface area contributed by atoms with Gasteiger partial charge in [0.1, 0.15) is 0 Å². The highest BCUT2D eigenvalue weighted by molar-refractivity contribution is 7.07. The van der Waals surface area contributed by atoms with Gasteiger partial charge in [0.2, 0.25) is 0 Å². The molecule has 1 fully saturated rings. The van der Waals surface area contributed by atoms with Gasteiger partial charge in [-0.25, -0.2) is 0 Å². The van der Waals surface area contributed by atoms with Gasteiger partial charge in [-0.2, -0.15) is 0 Å². The molecule has 4 N–H and O–H groups in total. The number of hydrogen-bond donors (Lipinski definition) is 3. The van der Waals surface area contributed by atoms with Gasteiger partial charge in [0, 0.05) is 24.2 Å². The Labute approximate surface area is 92.9 Å². The molecular formula is C10H17N3OS. The summed E-state index contributed by atoms with van der Waals surface area (Å²) in [5.74, 6) is 0. The molecule has 1 heterocycles. The topological polar surface area (TPSA) is 70.9 Å². The first-order valence-corrected chi connectivity index (χ1v) is 6.20. The Kier molecular flexibility index (Phi) is 3.23. The molecule has 0 spiro atoms. The average molecular weight is 227 g/mol. The molecule has 1 saturated carbocycles. The van der Waals surface area contributed by atoms with Crippen molar-refractivity contribution < 1.29 is 0 Å². The Morgan fingerprint density at radius 2 is 2.40 bits per heavy atom. The quantitative estimate of drug-likeness (QED) is 0.692. The average Bonchev–Trinajstić information content (AvgIpc) is 2.56. The van der Waals surface area contributed by atoms with Crippen LogP contribution in [0.25, 0.3) is 0 Å². The summed E-state index contributed by atoms with van der Waals surface area (Å²) in [5, 5.41) is 5.23. The van der Waals surface area contributed by atoms with Gasteiger partial charge in [-0.1, -0.05) is 17.8 Å². The SMILES string of the molecule is NCC1(CNCc2csc(=O)[nH]2)CCC1. The van der Waals surface area contributed by atoms with E-state index in [9.17, 15) is 4.79 Å². The Hall–Kier alpha value is -0.650. The molecule has 15 heavy (non-hydrogen) atoms. The van der Waals surface area contributed by atoms with Crippen molar-refractivity contribution in [2.45, 2.75) is 25.8 Å². The number of nitrogens with two attached hydrogens (primary N) is 1. The van der Waals surface area contributed by atoms with Crippen LogP contribution in [0.15, 0.2) is 10.2 Å². The summed E-state index contributed by atoms with van der Waals surface area (Å²) >= 11 is 1.21. The van der Waals surface area contributed by atoms with Gasteiger partial charge in [0.25, 0.3) is 0 Å². The molecular weight excluding hydrogens is 210 g/mol. The summed E-state index contributed by atoms with van der Waals surface area (Å²) in [4.78, 5) is 13.7. The van der Waals surface area contributed by atoms with Crippen LogP contribution in [-0.2, 0) is 6.54 Å². The summed E-state index contributed by atoms with van der Waals surface area (Å²) in [6.45, 7) is 2.46. The van der Waals surface area contributed by atoms with Crippen LogP contribution in [0.4, 0.5) is 0 Å². The smallest absolute Gasteiger partial charge is 0.304 e. The number of aromatic amines is 1. The minimum absolute atomic E-state index is 0.0176. The summed E-state index contributed by atoms with van der Waals surface area (Å²) in [7, 11) is 0. The van der Waals surface area contributed by atoms with Gasteiger partial charge in [0.05, 0.1) is 0 Å². The molecule has 0 unspecified atom stereocenters. The second kappa shape index (κ2) is 4.47. The van der Waals surface area contributed by atoms with E-state index in [-0.39, 0.29) is 4.87 Å². The molecule has 0 atom stereocenters. The predicted octanol–water partition coefficient (Wildman–Crippen LogP) is 0.655. The second-order valence-electron chi connectivity index (χ2n) is 4.33. The Balaban J connectivity index is 1.77. The van der Waals surface area contributed by atoms with E-state index in [0.717, 1.165) is 25.3 Å². The van der Waals surface area contributed by atoms with Crippen LogP contribution in [0.1, 0.15) is 25.0 Å². The first-order chi connectivity index (χ1) is 7.24. The van der Waals surface area contributed by atoms with Crippen LogP contribution >= 0.6 is 11.3 Å². The predicted molar refractivity (Wildman–Crippen MR) is 62.0 cm³/mol. The number of H-pyrrole nitrogens is 1. The van der Waals surface area contributed by atoms with Crippen LogP contribution in [0.2, 0.25) is 0 Å². The number of nitrogens with one attached hydrogen (secondary N) is 2. The van der Waals surface area contributed by atoms with E-state index < -0.39 is 0 Å². The molecule has 0 amide bonds. The van der Waals surface area contributed by atoms with Crippen molar-refractivity contribution in [3.63, 3.8) is 0 Å². The van der Waals surface area contributed by atoms with Gasteiger partial charge < -0.3 is 16.0 Å². The number of rotatable bonds is 5. The largest absolute Gasteiger partial charge is 0.330 e. The lowest BCUT2D eigenvalue weighted by Crippen LogP contribution is -2.45. The lowest BCUT2D eigenvalue weighted by molar-refractivity contribution is 0.140. The van der Waals surface area contributed by atoms with Crippen molar-refractivity contribution in [1.29, 1.82) is 0 Å². The number of hydrogen-bond acceptors (Lipinski definition) is 4. The first-order valence-electron chi connectivity index (χ1n) is 5.32. The van der Waals surface area contributed by atoms with Crippen LogP contribution < -0.4 is 15.9 Å². The normalized spacial score (nSPS) is 18.7. The van der Waals surface area contributed by atoms with E-state index >= 15 is 0 Å². The Morgan fingerprint density at radius 3 is 2.87 bits per heavy atom. The molecule has 1 aliphatic rings. The molecule has 84 valence electrons. The third-order valence-electron chi connectivity index (χ3n) is 3.23. The molecule has 1 aromatic rings. The molecule has 0 saturated heterocycles. The summed E-state index contributed by atoms with van der Waals surface area (Å²) < 4.78 is 0. The number of aromatic nitrogens is 1. The Bertz CT molecular complexity index is 361. The second-order valence-corrected chi connectivity index (χ2v) is 5.18. The lowest BCUT2D eigenvalue weighted by Gasteiger charge is -2.41. The monoisotopic (exact) mass is 227 g/mol. The summed E-state index contributed by atoms with van der Waals surface area (Å²) in [6.07, 6.45) is 3.77. The molecule has 1 aliphatic carbocycles. The van der Waals surface area contributed by atoms with E-state index in [1.807, 2.05) is 5.38 Å². The van der Waals surface area contributed by atoms with E-state index in [2.05, 4.69) is 10.3 Å². The fourth-order valence-electron chi connectivity index (χ4n) is 1.99. The van der Waals surface area contributed by atoms with E-state index in [1.165, 1.54) is 30.6 Å². The van der Waals surface area contributed by atoms with Gasteiger partial charge in [-0.15, -0.1) is 0 Å². The number of thiazole rings is 1. The van der Waals surface area contributed by atoms with Gasteiger partial charge in [-0.3, -0.25) is 4.79 Å². The molecule has 2 rings (SSSR count). The van der Waals surface area contributed by atoms with E-state index in [4.69, 9.17) is 5.73 Å². The van der Waals surface area contributed by atoms with Crippen LogP contribution in [0.5, 0.6) is 0 Å². The fourth-order valence-corrected chi connectivity index (χ4v) is 2.57. The molecule has 4 nitrogen and oxygen atoms in total. The van der Waals surface area contributed by atoms with Crippen molar-refractivity contribution >= 4 is 11.3 Å². The first kappa shape index (κ1) is 10.9. The highest BCUT2D eigenvalue weighted by Crippen LogP contribution is 2.39. The van der Waals surface area contributed by atoms with Gasteiger partial charge in [0.15, 0.2) is 0 Å². The molecule has 0 bridgehead atoms. The third-order valence-corrected chi connectivity index (χ3v) is 3.95. The molecule has 0 aliphatic heterocycles. The van der Waals surface area contributed by atoms with E-state index in [1.54, 1.807) is 0 Å². The van der Waals surface area contributed by atoms with Crippen LogP contribution in [-0.4, -0.2) is 18.1 Å². The zero-order valence-electron chi connectivity index (χ0n) is 8.71. The van der Waals surface area contributed by atoms with Crippen molar-refractivity contribution in [2.24, 2.45) is 11.1 Å². The maximum absolute atomic E-state index is 10.9. The molecule has 0 aromatic carbocycles. The zero-order chi connectivity index (χ0) is 10.7. The van der Waals surface area contributed by atoms with Crippen LogP contribution in [0, 0.1) is 5.41 Å². The van der Waals surface area contributed by atoms with Gasteiger partial charge in [-0.05, 0) is 24.8 Å². The molecule has 1 aromatic heterocycles. The highest BCUT2D eigenvalue weighted by atomic mass is 32.1. The van der Waals surface area contributed by atoms with E-state index in [0.29, 0.717) is 5.41 Å². The summed E-state index contributed by atoms with van der Waals surface area (Å²) in [6, 6.07) is 0. The third kappa shape index (κ3) is 2.48. The minimum atomic E-state index is 0.0176. The zero-order valence-corrected chi connectivity index (χ0v) is 9.53. The standard InChI is InChI=1S/C10H17N3OS/c11-6-10(2-1-3-10)7-12-4-8-5-15-9(14)13-8/h5,12H,1-4,6-7,11H2,(H,13,14). The van der Waals surface area contributed by atoms with Crippen LogP contribution in [0.3, 0.4) is 0 Å². The minimum Gasteiger partial charge on any atom is -0.330 e.